The first-order valence-corrected chi connectivity index (χ1v) is 13.8. The summed E-state index contributed by atoms with van der Waals surface area (Å²) >= 11 is 0. The van der Waals surface area contributed by atoms with Crippen molar-refractivity contribution in [2.75, 3.05) is 49.7 Å². The van der Waals surface area contributed by atoms with Gasteiger partial charge >= 0.3 is 0 Å². The number of nitriles is 1. The minimum atomic E-state index is -1.04. The van der Waals surface area contributed by atoms with E-state index in [4.69, 9.17) is 19.2 Å². The zero-order valence-electron chi connectivity index (χ0n) is 22.5. The van der Waals surface area contributed by atoms with Crippen LogP contribution in [0.2, 0.25) is 0 Å². The van der Waals surface area contributed by atoms with Crippen LogP contribution in [-0.2, 0) is 14.9 Å². The van der Waals surface area contributed by atoms with Crippen LogP contribution in [0.25, 0.3) is 11.1 Å². The molecule has 208 valence electrons. The van der Waals surface area contributed by atoms with Gasteiger partial charge < -0.3 is 29.5 Å². The summed E-state index contributed by atoms with van der Waals surface area (Å²) in [6.07, 6.45) is 7.26. The highest BCUT2D eigenvalue weighted by atomic mass is 16.5. The largest absolute Gasteiger partial charge is 0.473 e. The normalized spacial score (nSPS) is 19.5. The molecule has 5 heterocycles. The van der Waals surface area contributed by atoms with Gasteiger partial charge in [-0.05, 0) is 38.0 Å². The molecule has 0 amide bonds. The molecule has 0 spiro atoms. The minimum absolute atomic E-state index is 0.0791. The molecular weight excluding hydrogens is 510 g/mol. The Bertz CT molecular complexity index is 1400. The van der Waals surface area contributed by atoms with Gasteiger partial charge in [0.1, 0.15) is 17.2 Å². The van der Waals surface area contributed by atoms with E-state index < -0.39 is 11.6 Å². The highest BCUT2D eigenvalue weighted by Crippen LogP contribution is 2.46. The zero-order valence-corrected chi connectivity index (χ0v) is 22.5. The summed E-state index contributed by atoms with van der Waals surface area (Å²) in [6, 6.07) is 8.14. The van der Waals surface area contributed by atoms with E-state index in [9.17, 15) is 10.4 Å². The van der Waals surface area contributed by atoms with Gasteiger partial charge in [0.05, 0.1) is 56.3 Å². The van der Waals surface area contributed by atoms with Gasteiger partial charge in [-0.15, -0.1) is 0 Å². The highest BCUT2D eigenvalue weighted by Gasteiger charge is 2.47. The first-order chi connectivity index (χ1) is 19.5. The van der Waals surface area contributed by atoms with Gasteiger partial charge in [-0.3, -0.25) is 4.98 Å². The average molecular weight is 544 g/mol. The molecule has 3 aromatic rings. The number of aliphatic hydroxyl groups excluding tert-OH is 1. The molecule has 0 bridgehead atoms. The number of aromatic nitrogens is 4. The van der Waals surface area contributed by atoms with E-state index >= 15 is 0 Å². The fourth-order valence-electron chi connectivity index (χ4n) is 5.12. The molecule has 1 unspecified atom stereocenters. The van der Waals surface area contributed by atoms with Crippen molar-refractivity contribution in [2.45, 2.75) is 50.4 Å². The SMILES string of the molecule is Cc1ncc(NC(O)c2cnnc(C3(C#N)CC3)c2)cc1-c1cnc(OC2CCOCC2)c(N2CCOCC2)c1. The summed E-state index contributed by atoms with van der Waals surface area (Å²) in [5, 5.41) is 31.7. The fourth-order valence-corrected chi connectivity index (χ4v) is 5.12. The molecule has 0 aromatic carbocycles. The molecule has 2 aliphatic heterocycles. The Balaban J connectivity index is 1.26. The molecule has 2 saturated heterocycles. The van der Waals surface area contributed by atoms with Crippen LogP contribution >= 0.6 is 0 Å². The Kier molecular flexibility index (Phi) is 7.47. The first-order valence-electron chi connectivity index (χ1n) is 13.8. The Hall–Kier alpha value is -3.85. The molecule has 0 radical (unpaired) electrons. The molecule has 1 saturated carbocycles. The molecular formula is C29H33N7O4. The number of aliphatic hydroxyl groups is 1. The van der Waals surface area contributed by atoms with Gasteiger partial charge in [0.25, 0.3) is 0 Å². The van der Waals surface area contributed by atoms with Crippen molar-refractivity contribution in [1.29, 1.82) is 5.26 Å². The van der Waals surface area contributed by atoms with Crippen LogP contribution in [0, 0.1) is 18.3 Å². The van der Waals surface area contributed by atoms with Gasteiger partial charge in [-0.2, -0.15) is 15.5 Å². The van der Waals surface area contributed by atoms with Crippen molar-refractivity contribution in [2.24, 2.45) is 0 Å². The van der Waals surface area contributed by atoms with Crippen LogP contribution in [0.3, 0.4) is 0 Å². The predicted molar refractivity (Wildman–Crippen MR) is 147 cm³/mol. The Morgan fingerprint density at radius 2 is 1.85 bits per heavy atom. The lowest BCUT2D eigenvalue weighted by Crippen LogP contribution is -2.37. The molecule has 3 aliphatic rings. The number of anilines is 2. The third kappa shape index (κ3) is 5.56. The number of morpholine rings is 1. The van der Waals surface area contributed by atoms with Crippen LogP contribution in [0.15, 0.2) is 36.8 Å². The Labute approximate surface area is 233 Å². The highest BCUT2D eigenvalue weighted by molar-refractivity contribution is 5.74. The van der Waals surface area contributed by atoms with Gasteiger partial charge in [0.2, 0.25) is 5.88 Å². The van der Waals surface area contributed by atoms with Gasteiger partial charge in [-0.25, -0.2) is 4.98 Å². The minimum Gasteiger partial charge on any atom is -0.473 e. The van der Waals surface area contributed by atoms with E-state index in [-0.39, 0.29) is 6.10 Å². The van der Waals surface area contributed by atoms with E-state index in [0.29, 0.717) is 49.3 Å². The second kappa shape index (κ2) is 11.3. The van der Waals surface area contributed by atoms with Crippen molar-refractivity contribution in [3.05, 3.63) is 53.7 Å². The molecule has 1 atom stereocenters. The molecule has 11 nitrogen and oxygen atoms in total. The van der Waals surface area contributed by atoms with Crippen molar-refractivity contribution in [3.63, 3.8) is 0 Å². The molecule has 2 N–H and O–H groups in total. The third-order valence-corrected chi connectivity index (χ3v) is 7.78. The number of nitrogens with zero attached hydrogens (tertiary/aromatic N) is 6. The lowest BCUT2D eigenvalue weighted by atomic mass is 10.0. The van der Waals surface area contributed by atoms with E-state index in [2.05, 4.69) is 37.5 Å². The summed E-state index contributed by atoms with van der Waals surface area (Å²) in [4.78, 5) is 11.6. The van der Waals surface area contributed by atoms with Crippen LogP contribution in [0.5, 0.6) is 5.88 Å². The van der Waals surface area contributed by atoms with E-state index in [1.54, 1.807) is 12.3 Å². The second-order valence-corrected chi connectivity index (χ2v) is 10.5. The lowest BCUT2D eigenvalue weighted by Gasteiger charge is -2.31. The number of nitrogens with one attached hydrogen (secondary N) is 1. The summed E-state index contributed by atoms with van der Waals surface area (Å²) in [6.45, 7) is 6.17. The molecule has 40 heavy (non-hydrogen) atoms. The molecule has 3 fully saturated rings. The predicted octanol–water partition coefficient (Wildman–Crippen LogP) is 3.29. The number of aryl methyl sites for hydroxylation is 1. The third-order valence-electron chi connectivity index (χ3n) is 7.78. The topological polar surface area (TPSA) is 139 Å². The number of ether oxygens (including phenoxy) is 3. The van der Waals surface area contributed by atoms with Crippen LogP contribution in [0.4, 0.5) is 11.4 Å². The molecule has 11 heteroatoms. The smallest absolute Gasteiger partial charge is 0.237 e. The van der Waals surface area contributed by atoms with Gasteiger partial charge in [0, 0.05) is 54.5 Å². The van der Waals surface area contributed by atoms with Crippen LogP contribution < -0.4 is 15.0 Å². The molecule has 6 rings (SSSR count). The maximum atomic E-state index is 10.9. The summed E-state index contributed by atoms with van der Waals surface area (Å²) < 4.78 is 17.4. The maximum Gasteiger partial charge on any atom is 0.237 e. The average Bonchev–Trinajstić information content (AvgIpc) is 3.81. The van der Waals surface area contributed by atoms with Gasteiger partial charge in [0.15, 0.2) is 6.23 Å². The Morgan fingerprint density at radius 1 is 1.07 bits per heavy atom. The number of pyridine rings is 2. The van der Waals surface area contributed by atoms with E-state index in [0.717, 1.165) is 61.3 Å². The number of hydrogen-bond acceptors (Lipinski definition) is 11. The Morgan fingerprint density at radius 3 is 2.60 bits per heavy atom. The monoisotopic (exact) mass is 543 g/mol. The van der Waals surface area contributed by atoms with Crippen molar-refractivity contribution < 1.29 is 19.3 Å². The molecule has 1 aliphatic carbocycles. The van der Waals surface area contributed by atoms with Crippen molar-refractivity contribution in [3.8, 4) is 23.1 Å². The van der Waals surface area contributed by atoms with E-state index in [1.165, 1.54) is 6.20 Å². The second-order valence-electron chi connectivity index (χ2n) is 10.5. The standard InChI is InChI=1S/C29H33N7O4/c1-19-24(14-22(17-31-19)34-27(37)21-13-26(35-33-16-21)29(18-30)4-5-29)20-12-25(36-6-10-39-11-7-36)28(32-15-20)40-23-2-8-38-9-3-23/h12-17,23,27,34,37H,2-11H2,1H3. The number of rotatable bonds is 8. The van der Waals surface area contributed by atoms with Crippen molar-refractivity contribution >= 4 is 11.4 Å². The summed E-state index contributed by atoms with van der Waals surface area (Å²) in [5.74, 6) is 0.625. The molecule has 3 aromatic heterocycles. The number of hydrogen-bond donors (Lipinski definition) is 2. The van der Waals surface area contributed by atoms with Crippen LogP contribution in [0.1, 0.15) is 48.9 Å². The van der Waals surface area contributed by atoms with Gasteiger partial charge in [-0.1, -0.05) is 0 Å². The van der Waals surface area contributed by atoms with Crippen LogP contribution in [-0.4, -0.2) is 70.9 Å². The fraction of sp³-hybridized carbons (Fsp3) is 0.483. The quantitative estimate of drug-likeness (QED) is 0.405. The lowest BCUT2D eigenvalue weighted by molar-refractivity contribution is 0.0238. The first kappa shape index (κ1) is 26.4. The summed E-state index contributed by atoms with van der Waals surface area (Å²) in [7, 11) is 0. The zero-order chi connectivity index (χ0) is 27.5. The summed E-state index contributed by atoms with van der Waals surface area (Å²) in [5.41, 5.74) is 4.78. The van der Waals surface area contributed by atoms with Crippen molar-refractivity contribution in [1.82, 2.24) is 20.2 Å². The maximum absolute atomic E-state index is 10.9. The van der Waals surface area contributed by atoms with E-state index in [1.807, 2.05) is 19.2 Å².